The van der Waals surface area contributed by atoms with Crippen molar-refractivity contribution >= 4 is 22.8 Å². The molecule has 0 radical (unpaired) electrons. The molecule has 1 aromatic carbocycles. The van der Waals surface area contributed by atoms with Crippen LogP contribution in [0.4, 0.5) is 0 Å². The van der Waals surface area contributed by atoms with Crippen LogP contribution in [0.2, 0.25) is 0 Å². The van der Waals surface area contributed by atoms with Crippen molar-refractivity contribution in [3.05, 3.63) is 36.5 Å². The summed E-state index contributed by atoms with van der Waals surface area (Å²) >= 11 is 0. The topological polar surface area (TPSA) is 71.8 Å². The van der Waals surface area contributed by atoms with Crippen LogP contribution in [0.1, 0.15) is 19.3 Å². The number of hydrogen-bond donors (Lipinski definition) is 1. The normalized spacial score (nSPS) is 24.2. The lowest BCUT2D eigenvalue weighted by Crippen LogP contribution is -2.44. The summed E-state index contributed by atoms with van der Waals surface area (Å²) in [7, 11) is 0. The molecule has 1 amide bonds. The van der Waals surface area contributed by atoms with E-state index < -0.39 is 11.9 Å². The molecular formula is C20H24N2O4. The third kappa shape index (κ3) is 3.21. The maximum atomic E-state index is 12.7. The number of para-hydroxylation sites is 1. The molecule has 1 unspecified atom stereocenters. The molecule has 26 heavy (non-hydrogen) atoms. The highest BCUT2D eigenvalue weighted by Crippen LogP contribution is 2.33. The van der Waals surface area contributed by atoms with E-state index in [9.17, 15) is 14.7 Å². The number of carboxylic acids is 1. The van der Waals surface area contributed by atoms with E-state index in [4.69, 9.17) is 4.74 Å². The van der Waals surface area contributed by atoms with Crippen LogP contribution in [-0.2, 0) is 20.9 Å². The number of carbonyl (C=O) groups is 2. The molecule has 1 aromatic heterocycles. The molecule has 4 rings (SSSR count). The Balaban J connectivity index is 1.36. The lowest BCUT2D eigenvalue weighted by molar-refractivity contribution is -0.146. The van der Waals surface area contributed by atoms with Gasteiger partial charge in [-0.3, -0.25) is 9.59 Å². The maximum Gasteiger partial charge on any atom is 0.309 e. The standard InChI is InChI=1S/C20H24N2O4/c23-18(13-22-11-5-14-3-1-2-4-17(14)22)21-9-6-15(7-10-21)19-16(20(24)25)8-12-26-19/h1-5,11,15-16,19H,6-10,12-13H2,(H,24,25)/t16?,19-/m0/s1. The van der Waals surface area contributed by atoms with Crippen LogP contribution < -0.4 is 0 Å². The fourth-order valence-corrected chi connectivity index (χ4v) is 4.34. The predicted octanol–water partition coefficient (Wildman–Crippen LogP) is 2.37. The van der Waals surface area contributed by atoms with Crippen molar-refractivity contribution in [2.45, 2.75) is 31.9 Å². The van der Waals surface area contributed by atoms with E-state index >= 15 is 0 Å². The van der Waals surface area contributed by atoms with Crippen molar-refractivity contribution in [1.82, 2.24) is 9.47 Å². The molecule has 0 spiro atoms. The van der Waals surface area contributed by atoms with Gasteiger partial charge in [-0.1, -0.05) is 18.2 Å². The molecule has 2 aromatic rings. The first-order chi connectivity index (χ1) is 12.6. The highest BCUT2D eigenvalue weighted by atomic mass is 16.5. The number of aliphatic carboxylic acids is 1. The van der Waals surface area contributed by atoms with Gasteiger partial charge >= 0.3 is 5.97 Å². The Hall–Kier alpha value is -2.34. The maximum absolute atomic E-state index is 12.7. The fourth-order valence-electron chi connectivity index (χ4n) is 4.34. The molecule has 2 aliphatic rings. The summed E-state index contributed by atoms with van der Waals surface area (Å²) in [4.78, 5) is 26.0. The zero-order valence-corrected chi connectivity index (χ0v) is 14.7. The van der Waals surface area contributed by atoms with Crippen LogP contribution in [-0.4, -0.2) is 52.3 Å². The zero-order chi connectivity index (χ0) is 18.1. The molecule has 6 nitrogen and oxygen atoms in total. The van der Waals surface area contributed by atoms with Crippen molar-refractivity contribution < 1.29 is 19.4 Å². The Morgan fingerprint density at radius 2 is 1.88 bits per heavy atom. The molecule has 2 aliphatic heterocycles. The first kappa shape index (κ1) is 17.1. The largest absolute Gasteiger partial charge is 0.481 e. The van der Waals surface area contributed by atoms with Gasteiger partial charge in [-0.2, -0.15) is 0 Å². The number of benzene rings is 1. The first-order valence-electron chi connectivity index (χ1n) is 9.29. The molecule has 0 bridgehead atoms. The number of aromatic nitrogens is 1. The summed E-state index contributed by atoms with van der Waals surface area (Å²) in [5.74, 6) is -0.805. The highest BCUT2D eigenvalue weighted by Gasteiger charge is 2.40. The summed E-state index contributed by atoms with van der Waals surface area (Å²) in [5.41, 5.74) is 1.07. The number of amides is 1. The number of carbonyl (C=O) groups excluding carboxylic acids is 1. The Kier molecular flexibility index (Phi) is 4.68. The third-order valence-corrected chi connectivity index (χ3v) is 5.80. The van der Waals surface area contributed by atoms with Crippen molar-refractivity contribution in [3.8, 4) is 0 Å². The number of piperidine rings is 1. The van der Waals surface area contributed by atoms with E-state index in [1.165, 1.54) is 0 Å². The average molecular weight is 356 g/mol. The van der Waals surface area contributed by atoms with Crippen molar-refractivity contribution in [3.63, 3.8) is 0 Å². The lowest BCUT2D eigenvalue weighted by Gasteiger charge is -2.35. The number of rotatable bonds is 4. The molecule has 2 fully saturated rings. The van der Waals surface area contributed by atoms with Crippen LogP contribution >= 0.6 is 0 Å². The van der Waals surface area contributed by atoms with E-state index in [1.54, 1.807) is 0 Å². The summed E-state index contributed by atoms with van der Waals surface area (Å²) < 4.78 is 7.70. The second-order valence-electron chi connectivity index (χ2n) is 7.29. The predicted molar refractivity (Wildman–Crippen MR) is 96.7 cm³/mol. The minimum atomic E-state index is -0.759. The van der Waals surface area contributed by atoms with Gasteiger partial charge < -0.3 is 19.3 Å². The fraction of sp³-hybridized carbons (Fsp3) is 0.500. The smallest absolute Gasteiger partial charge is 0.309 e. The number of nitrogens with zero attached hydrogens (tertiary/aromatic N) is 2. The Bertz CT molecular complexity index is 807. The van der Waals surface area contributed by atoms with Gasteiger partial charge in [0.05, 0.1) is 12.0 Å². The molecule has 0 saturated carbocycles. The number of carboxylic acid groups (broad SMARTS) is 1. The summed E-state index contributed by atoms with van der Waals surface area (Å²) in [6.07, 6.45) is 3.98. The van der Waals surface area contributed by atoms with Crippen LogP contribution in [0.25, 0.3) is 10.9 Å². The van der Waals surface area contributed by atoms with Crippen molar-refractivity contribution in [2.75, 3.05) is 19.7 Å². The Labute approximate surface area is 152 Å². The molecule has 3 heterocycles. The molecule has 0 aliphatic carbocycles. The third-order valence-electron chi connectivity index (χ3n) is 5.80. The molecule has 138 valence electrons. The molecule has 1 N–H and O–H groups in total. The quantitative estimate of drug-likeness (QED) is 0.913. The highest BCUT2D eigenvalue weighted by molar-refractivity contribution is 5.83. The number of likely N-dealkylation sites (tertiary alicyclic amines) is 1. The number of fused-ring (bicyclic) bond motifs is 1. The summed E-state index contributed by atoms with van der Waals surface area (Å²) in [6.45, 7) is 2.22. The second kappa shape index (κ2) is 7.11. The van der Waals surface area contributed by atoms with Gasteiger partial charge in [0.25, 0.3) is 0 Å². The van der Waals surface area contributed by atoms with Gasteiger partial charge in [0, 0.05) is 31.4 Å². The van der Waals surface area contributed by atoms with Crippen molar-refractivity contribution in [2.24, 2.45) is 11.8 Å². The zero-order valence-electron chi connectivity index (χ0n) is 14.7. The van der Waals surface area contributed by atoms with Gasteiger partial charge in [0.1, 0.15) is 6.54 Å². The minimum absolute atomic E-state index is 0.118. The van der Waals surface area contributed by atoms with E-state index in [0.29, 0.717) is 32.7 Å². The van der Waals surface area contributed by atoms with E-state index in [2.05, 4.69) is 0 Å². The minimum Gasteiger partial charge on any atom is -0.481 e. The van der Waals surface area contributed by atoms with E-state index in [1.807, 2.05) is 46.0 Å². The molecule has 2 saturated heterocycles. The van der Waals surface area contributed by atoms with Crippen LogP contribution in [0.5, 0.6) is 0 Å². The van der Waals surface area contributed by atoms with E-state index in [-0.39, 0.29) is 17.9 Å². The number of hydrogen-bond acceptors (Lipinski definition) is 3. The van der Waals surface area contributed by atoms with Crippen LogP contribution in [0.15, 0.2) is 36.5 Å². The van der Waals surface area contributed by atoms with Gasteiger partial charge in [-0.05, 0) is 42.7 Å². The van der Waals surface area contributed by atoms with E-state index in [0.717, 1.165) is 23.7 Å². The first-order valence-corrected chi connectivity index (χ1v) is 9.29. The number of ether oxygens (including phenoxy) is 1. The Morgan fingerprint density at radius 3 is 2.65 bits per heavy atom. The summed E-state index contributed by atoms with van der Waals surface area (Å²) in [6, 6.07) is 10.1. The summed E-state index contributed by atoms with van der Waals surface area (Å²) in [5, 5.41) is 10.5. The van der Waals surface area contributed by atoms with Gasteiger partial charge in [0.15, 0.2) is 0 Å². The Morgan fingerprint density at radius 1 is 1.12 bits per heavy atom. The molecule has 6 heteroatoms. The van der Waals surface area contributed by atoms with Crippen LogP contribution in [0, 0.1) is 11.8 Å². The lowest BCUT2D eigenvalue weighted by atomic mass is 9.84. The van der Waals surface area contributed by atoms with Crippen molar-refractivity contribution in [1.29, 1.82) is 0 Å². The average Bonchev–Trinajstić information content (AvgIpc) is 3.29. The van der Waals surface area contributed by atoms with Gasteiger partial charge in [-0.25, -0.2) is 0 Å². The molecular weight excluding hydrogens is 332 g/mol. The SMILES string of the molecule is O=C(O)C1CCO[C@H]1C1CCN(C(=O)Cn2ccc3ccccc32)CC1. The molecule has 2 atom stereocenters. The monoisotopic (exact) mass is 356 g/mol. The van der Waals surface area contributed by atoms with Gasteiger partial charge in [-0.15, -0.1) is 0 Å². The van der Waals surface area contributed by atoms with Gasteiger partial charge in [0.2, 0.25) is 5.91 Å². The second-order valence-corrected chi connectivity index (χ2v) is 7.29. The van der Waals surface area contributed by atoms with Crippen LogP contribution in [0.3, 0.4) is 0 Å².